The van der Waals surface area contributed by atoms with Crippen molar-refractivity contribution in [2.24, 2.45) is 4.99 Å². The number of rotatable bonds is 10. The normalized spacial score (nSPS) is 21.4. The molecule has 0 radical (unpaired) electrons. The predicted octanol–water partition coefficient (Wildman–Crippen LogP) is 2.92. The highest BCUT2D eigenvalue weighted by Crippen LogP contribution is 2.30. The van der Waals surface area contributed by atoms with Gasteiger partial charge in [-0.2, -0.15) is 0 Å². The summed E-state index contributed by atoms with van der Waals surface area (Å²) in [6.45, 7) is 15.4. The topological polar surface area (TPSA) is 52.1 Å². The fraction of sp³-hybridized carbons (Fsp3) is 0.952. The Balaban J connectivity index is 0.00000392. The Bertz CT molecular complexity index is 433. The van der Waals surface area contributed by atoms with Gasteiger partial charge in [-0.25, -0.2) is 0 Å². The molecule has 0 spiro atoms. The number of halogens is 1. The first-order chi connectivity index (χ1) is 13.1. The summed E-state index contributed by atoms with van der Waals surface area (Å²) in [6.07, 6.45) is 7.30. The monoisotopic (exact) mass is 509 g/mol. The maximum Gasteiger partial charge on any atom is 0.191 e. The van der Waals surface area contributed by atoms with Gasteiger partial charge in [0.15, 0.2) is 5.96 Å². The first-order valence-corrected chi connectivity index (χ1v) is 11.2. The van der Waals surface area contributed by atoms with Crippen molar-refractivity contribution in [3.05, 3.63) is 0 Å². The van der Waals surface area contributed by atoms with Crippen LogP contribution in [-0.4, -0.2) is 86.9 Å². The number of aliphatic imine (C=N–C) groups is 1. The molecular formula is C21H44IN5O. The van der Waals surface area contributed by atoms with Crippen molar-refractivity contribution in [3.63, 3.8) is 0 Å². The fourth-order valence-electron chi connectivity index (χ4n) is 4.46. The molecule has 1 atom stereocenters. The maximum absolute atomic E-state index is 5.66. The van der Waals surface area contributed by atoms with Crippen LogP contribution in [0.15, 0.2) is 4.99 Å². The van der Waals surface area contributed by atoms with Crippen LogP contribution >= 0.6 is 24.0 Å². The molecule has 0 aliphatic carbocycles. The second-order valence-electron chi connectivity index (χ2n) is 8.17. The number of likely N-dealkylation sites (tertiary alicyclic amines) is 1. The van der Waals surface area contributed by atoms with Crippen molar-refractivity contribution < 1.29 is 4.74 Å². The van der Waals surface area contributed by atoms with E-state index in [0.29, 0.717) is 6.04 Å². The van der Waals surface area contributed by atoms with E-state index in [1.54, 1.807) is 0 Å². The predicted molar refractivity (Wildman–Crippen MR) is 130 cm³/mol. The molecule has 2 aliphatic heterocycles. The first kappa shape index (κ1) is 25.9. The van der Waals surface area contributed by atoms with Crippen molar-refractivity contribution in [3.8, 4) is 0 Å². The molecule has 0 aromatic carbocycles. The molecule has 6 nitrogen and oxygen atoms in total. The Morgan fingerprint density at radius 2 is 1.82 bits per heavy atom. The second kappa shape index (κ2) is 14.0. The minimum absolute atomic E-state index is 0. The summed E-state index contributed by atoms with van der Waals surface area (Å²) >= 11 is 0. The average molecular weight is 510 g/mol. The van der Waals surface area contributed by atoms with E-state index in [9.17, 15) is 0 Å². The Morgan fingerprint density at radius 3 is 2.39 bits per heavy atom. The zero-order valence-electron chi connectivity index (χ0n) is 18.6. The van der Waals surface area contributed by atoms with Crippen molar-refractivity contribution in [1.29, 1.82) is 0 Å². The molecule has 2 aliphatic rings. The smallest absolute Gasteiger partial charge is 0.191 e. The van der Waals surface area contributed by atoms with Crippen LogP contribution in [0.3, 0.4) is 0 Å². The summed E-state index contributed by atoms with van der Waals surface area (Å²) in [5.74, 6) is 0.940. The van der Waals surface area contributed by atoms with E-state index in [1.165, 1.54) is 45.3 Å². The summed E-state index contributed by atoms with van der Waals surface area (Å²) in [7, 11) is 1.88. The third kappa shape index (κ3) is 7.95. The molecule has 2 heterocycles. The largest absolute Gasteiger partial charge is 0.381 e. The van der Waals surface area contributed by atoms with Gasteiger partial charge in [-0.05, 0) is 78.2 Å². The van der Waals surface area contributed by atoms with Crippen molar-refractivity contribution >= 4 is 29.9 Å². The summed E-state index contributed by atoms with van der Waals surface area (Å²) in [5.41, 5.74) is 0.234. The van der Waals surface area contributed by atoms with Crippen LogP contribution in [0.2, 0.25) is 0 Å². The highest BCUT2D eigenvalue weighted by atomic mass is 127. The number of nitrogens with one attached hydrogen (secondary N) is 2. The van der Waals surface area contributed by atoms with E-state index in [0.717, 1.165) is 51.6 Å². The molecule has 0 amide bonds. The minimum Gasteiger partial charge on any atom is -0.381 e. The lowest BCUT2D eigenvalue weighted by Gasteiger charge is -2.45. The maximum atomic E-state index is 5.66. The second-order valence-corrected chi connectivity index (χ2v) is 8.17. The number of hydrogen-bond acceptors (Lipinski definition) is 4. The number of ether oxygens (including phenoxy) is 1. The Morgan fingerprint density at radius 1 is 1.18 bits per heavy atom. The Kier molecular flexibility index (Phi) is 12.9. The molecule has 166 valence electrons. The molecule has 2 saturated heterocycles. The lowest BCUT2D eigenvalue weighted by Crippen LogP contribution is -2.59. The molecule has 2 fully saturated rings. The number of nitrogens with zero attached hydrogens (tertiary/aromatic N) is 3. The van der Waals surface area contributed by atoms with Gasteiger partial charge < -0.3 is 20.3 Å². The molecule has 28 heavy (non-hydrogen) atoms. The van der Waals surface area contributed by atoms with E-state index in [4.69, 9.17) is 4.74 Å². The van der Waals surface area contributed by atoms with Gasteiger partial charge in [0.2, 0.25) is 0 Å². The molecule has 0 saturated carbocycles. The van der Waals surface area contributed by atoms with Gasteiger partial charge in [-0.3, -0.25) is 9.89 Å². The molecule has 7 heteroatoms. The van der Waals surface area contributed by atoms with Gasteiger partial charge in [-0.1, -0.05) is 13.8 Å². The van der Waals surface area contributed by atoms with Crippen molar-refractivity contribution in [2.45, 2.75) is 70.9 Å². The third-order valence-corrected chi connectivity index (χ3v) is 6.40. The van der Waals surface area contributed by atoms with E-state index in [2.05, 4.69) is 46.2 Å². The summed E-state index contributed by atoms with van der Waals surface area (Å²) < 4.78 is 5.66. The summed E-state index contributed by atoms with van der Waals surface area (Å²) in [4.78, 5) is 9.67. The molecule has 2 rings (SSSR count). The quantitative estimate of drug-likeness (QED) is 0.270. The Hall–Kier alpha value is -0.120. The highest BCUT2D eigenvalue weighted by molar-refractivity contribution is 14.0. The number of hydrogen-bond donors (Lipinski definition) is 2. The van der Waals surface area contributed by atoms with Crippen LogP contribution in [0.5, 0.6) is 0 Å². The first-order valence-electron chi connectivity index (χ1n) is 11.2. The van der Waals surface area contributed by atoms with Crippen LogP contribution in [0, 0.1) is 0 Å². The minimum atomic E-state index is 0. The van der Waals surface area contributed by atoms with Gasteiger partial charge in [0.1, 0.15) is 0 Å². The lowest BCUT2D eigenvalue weighted by atomic mass is 9.88. The van der Waals surface area contributed by atoms with E-state index in [1.807, 2.05) is 7.05 Å². The standard InChI is InChI=1S/C21H43N5O.HI/c1-5-25(6-2)13-9-10-19(3)24-20(22-4)23-18-21(11-16-27-17-12-21)26-14-7-8-15-26;/h19H,5-18H2,1-4H3,(H2,22,23,24);1H. The van der Waals surface area contributed by atoms with Crippen molar-refractivity contribution in [2.75, 3.05) is 59.5 Å². The zero-order chi connectivity index (χ0) is 19.5. The lowest BCUT2D eigenvalue weighted by molar-refractivity contribution is -0.0164. The molecule has 2 N–H and O–H groups in total. The zero-order valence-corrected chi connectivity index (χ0v) is 21.0. The summed E-state index contributed by atoms with van der Waals surface area (Å²) in [5, 5.41) is 7.23. The van der Waals surface area contributed by atoms with E-state index >= 15 is 0 Å². The van der Waals surface area contributed by atoms with Gasteiger partial charge >= 0.3 is 0 Å². The highest BCUT2D eigenvalue weighted by Gasteiger charge is 2.39. The fourth-order valence-corrected chi connectivity index (χ4v) is 4.46. The summed E-state index contributed by atoms with van der Waals surface area (Å²) in [6, 6.07) is 0.434. The van der Waals surface area contributed by atoms with Crippen LogP contribution in [-0.2, 0) is 4.74 Å². The molecule has 0 aromatic rings. The van der Waals surface area contributed by atoms with Gasteiger partial charge in [0, 0.05) is 38.4 Å². The van der Waals surface area contributed by atoms with E-state index < -0.39 is 0 Å². The van der Waals surface area contributed by atoms with Crippen LogP contribution in [0.4, 0.5) is 0 Å². The Labute approximate surface area is 190 Å². The molecule has 0 bridgehead atoms. The average Bonchev–Trinajstić information content (AvgIpc) is 3.25. The van der Waals surface area contributed by atoms with Gasteiger partial charge in [-0.15, -0.1) is 24.0 Å². The third-order valence-electron chi connectivity index (χ3n) is 6.40. The van der Waals surface area contributed by atoms with Crippen LogP contribution in [0.1, 0.15) is 59.3 Å². The molecule has 1 unspecified atom stereocenters. The molecular weight excluding hydrogens is 465 g/mol. The SMILES string of the molecule is CCN(CC)CCCC(C)NC(=NC)NCC1(N2CCCC2)CCOCC1.I. The van der Waals surface area contributed by atoms with Crippen LogP contribution in [0.25, 0.3) is 0 Å². The van der Waals surface area contributed by atoms with Gasteiger partial charge in [0.05, 0.1) is 0 Å². The van der Waals surface area contributed by atoms with Crippen LogP contribution < -0.4 is 10.6 Å². The number of guanidine groups is 1. The van der Waals surface area contributed by atoms with E-state index in [-0.39, 0.29) is 29.5 Å². The van der Waals surface area contributed by atoms with Gasteiger partial charge in [0.25, 0.3) is 0 Å². The molecule has 0 aromatic heterocycles. The van der Waals surface area contributed by atoms with Crippen molar-refractivity contribution in [1.82, 2.24) is 20.4 Å².